The molecule has 262 valence electrons. The van der Waals surface area contributed by atoms with Gasteiger partial charge in [0.25, 0.3) is 5.91 Å². The number of fused-ring (bicyclic) bond motifs is 1. The quantitative estimate of drug-likeness (QED) is 0.0698. The number of hydroxylamine groups is 1. The molecule has 0 spiro atoms. The fourth-order valence-electron chi connectivity index (χ4n) is 6.28. The van der Waals surface area contributed by atoms with Crippen LogP contribution in [-0.4, -0.2) is 33.2 Å². The van der Waals surface area contributed by atoms with E-state index in [1.165, 1.54) is 11.1 Å². The highest BCUT2D eigenvalue weighted by Crippen LogP contribution is 2.39. The normalized spacial score (nSPS) is 12.4. The summed E-state index contributed by atoms with van der Waals surface area (Å²) in [5, 5.41) is 2.83. The van der Waals surface area contributed by atoms with Crippen molar-refractivity contribution in [2.45, 2.75) is 97.4 Å². The highest BCUT2D eigenvalue weighted by atomic mass is 16.7. The van der Waals surface area contributed by atoms with Crippen molar-refractivity contribution < 1.29 is 19.2 Å². The van der Waals surface area contributed by atoms with Crippen LogP contribution in [0.15, 0.2) is 103 Å². The van der Waals surface area contributed by atoms with Gasteiger partial charge in [0.15, 0.2) is 5.60 Å². The lowest BCUT2D eigenvalue weighted by Crippen LogP contribution is -2.50. The number of unbranched alkanes of at least 4 members (excludes halogenated alkanes) is 2. The van der Waals surface area contributed by atoms with Gasteiger partial charge in [0.1, 0.15) is 17.5 Å². The van der Waals surface area contributed by atoms with Crippen LogP contribution in [0.1, 0.15) is 87.0 Å². The van der Waals surface area contributed by atoms with Crippen molar-refractivity contribution in [3.63, 3.8) is 0 Å². The minimum Gasteiger partial charge on any atom is -0.444 e. The summed E-state index contributed by atoms with van der Waals surface area (Å²) in [6, 6.07) is 32.8. The Labute approximate surface area is 296 Å². The number of aromatic nitrogens is 2. The molecule has 1 unspecified atom stereocenters. The number of ether oxygens (including phenoxy) is 1. The molecule has 0 saturated heterocycles. The number of hydrogen-bond acceptors (Lipinski definition) is 5. The van der Waals surface area contributed by atoms with E-state index in [1.807, 2.05) is 91.0 Å². The number of alkyl carbamates (subject to hydrolysis) is 1. The van der Waals surface area contributed by atoms with Crippen LogP contribution in [-0.2, 0) is 32.9 Å². The van der Waals surface area contributed by atoms with Crippen LogP contribution in [0.4, 0.5) is 4.79 Å². The Morgan fingerprint density at radius 3 is 1.86 bits per heavy atom. The van der Waals surface area contributed by atoms with Gasteiger partial charge >= 0.3 is 6.09 Å². The number of nitrogens with one attached hydrogen (secondary N) is 2. The molecule has 8 heteroatoms. The molecule has 4 aromatic carbocycles. The summed E-state index contributed by atoms with van der Waals surface area (Å²) >= 11 is 0. The van der Waals surface area contributed by atoms with Crippen LogP contribution < -0.4 is 10.8 Å². The number of imidazole rings is 1. The molecule has 0 aliphatic heterocycles. The Morgan fingerprint density at radius 2 is 1.34 bits per heavy atom. The highest BCUT2D eigenvalue weighted by Gasteiger charge is 2.40. The second-order valence-corrected chi connectivity index (χ2v) is 13.9. The first-order valence-corrected chi connectivity index (χ1v) is 17.6. The first kappa shape index (κ1) is 36.3. The van der Waals surface area contributed by atoms with Crippen LogP contribution in [0.5, 0.6) is 0 Å². The average molecular weight is 675 g/mol. The maximum Gasteiger partial charge on any atom is 0.408 e. The molecule has 1 atom stereocenters. The van der Waals surface area contributed by atoms with E-state index < -0.39 is 29.2 Å². The Balaban J connectivity index is 1.48. The van der Waals surface area contributed by atoms with Crippen molar-refractivity contribution >= 4 is 23.0 Å². The predicted molar refractivity (Wildman–Crippen MR) is 199 cm³/mol. The smallest absolute Gasteiger partial charge is 0.408 e. The molecule has 50 heavy (non-hydrogen) atoms. The molecule has 0 aliphatic carbocycles. The highest BCUT2D eigenvalue weighted by molar-refractivity contribution is 5.85. The van der Waals surface area contributed by atoms with E-state index >= 15 is 0 Å². The van der Waals surface area contributed by atoms with Crippen LogP contribution in [0.2, 0.25) is 0 Å². The zero-order valence-electron chi connectivity index (χ0n) is 30.2. The van der Waals surface area contributed by atoms with Crippen molar-refractivity contribution in [3.8, 4) is 0 Å². The summed E-state index contributed by atoms with van der Waals surface area (Å²) < 4.78 is 7.86. The molecule has 0 bridgehead atoms. The van der Waals surface area contributed by atoms with Crippen molar-refractivity contribution in [2.24, 2.45) is 0 Å². The van der Waals surface area contributed by atoms with Gasteiger partial charge in [-0.3, -0.25) is 9.63 Å². The SMILES string of the molecule is CCCCCn1c(CCC(NC(=O)OC(C)(C)C)C(=O)NOC(c2ccccc2)(c2ccccc2)c2ccccc2)nc2cc(C)c(C)cc21. The summed E-state index contributed by atoms with van der Waals surface area (Å²) in [4.78, 5) is 39.0. The van der Waals surface area contributed by atoms with Crippen LogP contribution >= 0.6 is 0 Å². The van der Waals surface area contributed by atoms with Crippen LogP contribution in [0, 0.1) is 13.8 Å². The number of aryl methyl sites for hydroxylation is 4. The molecule has 0 saturated carbocycles. The van der Waals surface area contributed by atoms with E-state index in [0.717, 1.165) is 59.4 Å². The molecule has 5 rings (SSSR count). The molecule has 0 fully saturated rings. The zero-order valence-corrected chi connectivity index (χ0v) is 30.2. The lowest BCUT2D eigenvalue weighted by molar-refractivity contribution is -0.145. The summed E-state index contributed by atoms with van der Waals surface area (Å²) in [5.41, 5.74) is 7.77. The Bertz CT molecular complexity index is 1770. The van der Waals surface area contributed by atoms with E-state index in [-0.39, 0.29) is 6.42 Å². The third-order valence-corrected chi connectivity index (χ3v) is 8.94. The molecule has 1 aromatic heterocycles. The topological polar surface area (TPSA) is 94.5 Å². The molecule has 5 aromatic rings. The Kier molecular flexibility index (Phi) is 11.8. The monoisotopic (exact) mass is 674 g/mol. The number of amides is 2. The van der Waals surface area contributed by atoms with Gasteiger partial charge < -0.3 is 14.6 Å². The zero-order chi connectivity index (χ0) is 35.7. The van der Waals surface area contributed by atoms with E-state index in [2.05, 4.69) is 48.3 Å². The lowest BCUT2D eigenvalue weighted by Gasteiger charge is -2.35. The van der Waals surface area contributed by atoms with Crippen molar-refractivity contribution in [1.29, 1.82) is 0 Å². The number of hydrogen-bond donors (Lipinski definition) is 2. The van der Waals surface area contributed by atoms with Gasteiger partial charge in [-0.15, -0.1) is 0 Å². The van der Waals surface area contributed by atoms with Gasteiger partial charge in [-0.1, -0.05) is 111 Å². The maximum atomic E-state index is 14.2. The van der Waals surface area contributed by atoms with Crippen LogP contribution in [0.25, 0.3) is 11.0 Å². The minimum absolute atomic E-state index is 0.276. The molecular weight excluding hydrogens is 624 g/mol. The Hall–Kier alpha value is -4.95. The number of carbonyl (C=O) groups excluding carboxylic acids is 2. The molecular formula is C42H50N4O4. The van der Waals surface area contributed by atoms with Crippen molar-refractivity contribution in [2.75, 3.05) is 0 Å². The van der Waals surface area contributed by atoms with E-state index in [1.54, 1.807) is 20.8 Å². The van der Waals surface area contributed by atoms with E-state index in [9.17, 15) is 9.59 Å². The van der Waals surface area contributed by atoms with E-state index in [4.69, 9.17) is 14.6 Å². The molecule has 1 heterocycles. The van der Waals surface area contributed by atoms with Gasteiger partial charge in [0.05, 0.1) is 11.0 Å². The predicted octanol–water partition coefficient (Wildman–Crippen LogP) is 8.71. The van der Waals surface area contributed by atoms with Crippen LogP contribution in [0.3, 0.4) is 0 Å². The molecule has 0 aliphatic rings. The van der Waals surface area contributed by atoms with Gasteiger partial charge in [0.2, 0.25) is 0 Å². The number of benzene rings is 4. The number of carbonyl (C=O) groups is 2. The third kappa shape index (κ3) is 8.61. The van der Waals surface area contributed by atoms with Gasteiger partial charge in [-0.05, 0) is 87.4 Å². The van der Waals surface area contributed by atoms with Gasteiger partial charge in [0, 0.05) is 13.0 Å². The molecule has 2 N–H and O–H groups in total. The summed E-state index contributed by atoms with van der Waals surface area (Å²) in [6.45, 7) is 12.6. The molecule has 0 radical (unpaired) electrons. The van der Waals surface area contributed by atoms with Gasteiger partial charge in [-0.25, -0.2) is 15.3 Å². The molecule has 2 amide bonds. The third-order valence-electron chi connectivity index (χ3n) is 8.94. The average Bonchev–Trinajstić information content (AvgIpc) is 3.43. The fourth-order valence-corrected chi connectivity index (χ4v) is 6.28. The van der Waals surface area contributed by atoms with Crippen molar-refractivity contribution in [3.05, 3.63) is 137 Å². The summed E-state index contributed by atoms with van der Waals surface area (Å²) in [7, 11) is 0. The van der Waals surface area contributed by atoms with Gasteiger partial charge in [-0.2, -0.15) is 0 Å². The minimum atomic E-state index is -1.18. The maximum absolute atomic E-state index is 14.2. The fraction of sp³-hybridized carbons (Fsp3) is 0.357. The second kappa shape index (κ2) is 16.2. The standard InChI is InChI=1S/C42H50N4O4/c1-7-8-18-27-46-37-29-31(3)30(2)28-36(37)43-38(46)26-25-35(44-40(48)49-41(4,5)6)39(47)45-50-42(32-19-12-9-13-20-32,33-21-14-10-15-22-33)34-23-16-11-17-24-34/h9-17,19-24,28-29,35H,7-8,18,25-27H2,1-6H3,(H,44,48)(H,45,47). The van der Waals surface area contributed by atoms with E-state index in [0.29, 0.717) is 6.42 Å². The molecule has 8 nitrogen and oxygen atoms in total. The lowest BCUT2D eigenvalue weighted by atomic mass is 9.80. The Morgan fingerprint density at radius 1 is 0.800 bits per heavy atom. The largest absolute Gasteiger partial charge is 0.444 e. The summed E-state index contributed by atoms with van der Waals surface area (Å²) in [6.07, 6.45) is 3.29. The number of nitrogens with zero attached hydrogens (tertiary/aromatic N) is 2. The second-order valence-electron chi connectivity index (χ2n) is 13.9. The summed E-state index contributed by atoms with van der Waals surface area (Å²) in [5.74, 6) is 0.376. The first-order chi connectivity index (χ1) is 24.0. The van der Waals surface area contributed by atoms with Crippen molar-refractivity contribution in [1.82, 2.24) is 20.3 Å². The first-order valence-electron chi connectivity index (χ1n) is 17.6. The number of rotatable bonds is 14.